The van der Waals surface area contributed by atoms with E-state index in [1.165, 1.54) is 10.9 Å². The monoisotopic (exact) mass is 403 g/mol. The largest absolute Gasteiger partial charge is 0.493 e. The first kappa shape index (κ1) is 19.4. The summed E-state index contributed by atoms with van der Waals surface area (Å²) in [6.45, 7) is 0. The standard InChI is InChI=1S/C22H21N5O3/c1-26-13-24-17-12-16(14-5-6-18(29-3)19(11-14)30-4)25-21(20(17)22(26)28)27(2)15-7-9-23-10-8-15/h5-13H,1-4H3. The van der Waals surface area contributed by atoms with E-state index in [9.17, 15) is 4.79 Å². The number of ether oxygens (including phenoxy) is 2. The average Bonchev–Trinajstić information content (AvgIpc) is 2.80. The maximum atomic E-state index is 12.9. The van der Waals surface area contributed by atoms with Crippen molar-refractivity contribution in [1.82, 2.24) is 19.5 Å². The van der Waals surface area contributed by atoms with Crippen molar-refractivity contribution in [3.63, 3.8) is 0 Å². The SMILES string of the molecule is COc1ccc(-c2cc3ncn(C)c(=O)c3c(N(C)c3ccncc3)n2)cc1OC. The number of rotatable bonds is 5. The van der Waals surface area contributed by atoms with Crippen molar-refractivity contribution in [2.75, 3.05) is 26.2 Å². The van der Waals surface area contributed by atoms with Gasteiger partial charge >= 0.3 is 0 Å². The van der Waals surface area contributed by atoms with Gasteiger partial charge in [-0.1, -0.05) is 0 Å². The van der Waals surface area contributed by atoms with E-state index in [2.05, 4.69) is 9.97 Å². The molecule has 1 aromatic carbocycles. The summed E-state index contributed by atoms with van der Waals surface area (Å²) >= 11 is 0. The Hall–Kier alpha value is -3.94. The Labute approximate surface area is 173 Å². The second-order valence-electron chi connectivity index (χ2n) is 6.72. The molecule has 0 aliphatic rings. The smallest absolute Gasteiger partial charge is 0.264 e. The lowest BCUT2D eigenvalue weighted by Crippen LogP contribution is -2.21. The van der Waals surface area contributed by atoms with Crippen LogP contribution in [-0.4, -0.2) is 40.8 Å². The number of aromatic nitrogens is 4. The fraction of sp³-hybridized carbons (Fsp3) is 0.182. The molecule has 0 amide bonds. The maximum Gasteiger partial charge on any atom is 0.264 e. The van der Waals surface area contributed by atoms with Gasteiger partial charge in [-0.25, -0.2) is 9.97 Å². The van der Waals surface area contributed by atoms with Gasteiger partial charge in [-0.3, -0.25) is 9.78 Å². The van der Waals surface area contributed by atoms with Crippen LogP contribution in [0.5, 0.6) is 11.5 Å². The number of hydrogen-bond donors (Lipinski definition) is 0. The van der Waals surface area contributed by atoms with Gasteiger partial charge in [0.2, 0.25) is 0 Å². The van der Waals surface area contributed by atoms with Gasteiger partial charge < -0.3 is 18.9 Å². The van der Waals surface area contributed by atoms with E-state index in [1.54, 1.807) is 33.7 Å². The van der Waals surface area contributed by atoms with E-state index in [4.69, 9.17) is 14.5 Å². The van der Waals surface area contributed by atoms with E-state index in [-0.39, 0.29) is 5.56 Å². The minimum atomic E-state index is -0.165. The summed E-state index contributed by atoms with van der Waals surface area (Å²) in [6.07, 6.45) is 4.91. The Kier molecular flexibility index (Phi) is 5.05. The zero-order valence-corrected chi connectivity index (χ0v) is 17.2. The molecule has 0 fully saturated rings. The zero-order valence-electron chi connectivity index (χ0n) is 17.2. The topological polar surface area (TPSA) is 82.4 Å². The van der Waals surface area contributed by atoms with Gasteiger partial charge in [0.15, 0.2) is 11.5 Å². The van der Waals surface area contributed by atoms with E-state index in [0.29, 0.717) is 33.9 Å². The van der Waals surface area contributed by atoms with Crippen molar-refractivity contribution < 1.29 is 9.47 Å². The molecule has 4 rings (SSSR count). The third kappa shape index (κ3) is 3.32. The molecule has 3 aromatic heterocycles. The fourth-order valence-electron chi connectivity index (χ4n) is 3.28. The molecule has 0 radical (unpaired) electrons. The fourth-order valence-corrected chi connectivity index (χ4v) is 3.28. The van der Waals surface area contributed by atoms with Crippen LogP contribution in [0.15, 0.2) is 59.9 Å². The molecule has 0 aliphatic carbocycles. The first-order valence-electron chi connectivity index (χ1n) is 9.26. The molecule has 152 valence electrons. The Bertz CT molecular complexity index is 1270. The quantitative estimate of drug-likeness (QED) is 0.506. The molecule has 8 heteroatoms. The third-order valence-electron chi connectivity index (χ3n) is 4.93. The van der Waals surface area contributed by atoms with Crippen LogP contribution in [0.2, 0.25) is 0 Å². The number of anilines is 2. The van der Waals surface area contributed by atoms with Gasteiger partial charge in [-0.2, -0.15) is 0 Å². The normalized spacial score (nSPS) is 10.8. The molecule has 0 saturated carbocycles. The van der Waals surface area contributed by atoms with Gasteiger partial charge in [0.1, 0.15) is 11.2 Å². The number of aryl methyl sites for hydroxylation is 1. The predicted octanol–water partition coefficient (Wildman–Crippen LogP) is 3.18. The molecular weight excluding hydrogens is 382 g/mol. The van der Waals surface area contributed by atoms with Crippen LogP contribution in [0.4, 0.5) is 11.5 Å². The average molecular weight is 403 g/mol. The lowest BCUT2D eigenvalue weighted by molar-refractivity contribution is 0.355. The number of methoxy groups -OCH3 is 2. The first-order chi connectivity index (χ1) is 14.5. The summed E-state index contributed by atoms with van der Waals surface area (Å²) in [6, 6.07) is 11.1. The highest BCUT2D eigenvalue weighted by Crippen LogP contribution is 2.34. The number of hydrogen-bond acceptors (Lipinski definition) is 7. The molecular formula is C22H21N5O3. The number of benzene rings is 1. The molecule has 4 aromatic rings. The van der Waals surface area contributed by atoms with Crippen LogP contribution in [0.25, 0.3) is 22.2 Å². The molecule has 0 spiro atoms. The van der Waals surface area contributed by atoms with Crippen molar-refractivity contribution in [1.29, 1.82) is 0 Å². The maximum absolute atomic E-state index is 12.9. The van der Waals surface area contributed by atoms with Crippen molar-refractivity contribution >= 4 is 22.4 Å². The molecule has 0 unspecified atom stereocenters. The number of nitrogens with zero attached hydrogens (tertiary/aromatic N) is 5. The second-order valence-corrected chi connectivity index (χ2v) is 6.72. The minimum absolute atomic E-state index is 0.165. The van der Waals surface area contributed by atoms with Crippen molar-refractivity contribution in [3.8, 4) is 22.8 Å². The Balaban J connectivity index is 1.98. The first-order valence-corrected chi connectivity index (χ1v) is 9.26. The lowest BCUT2D eigenvalue weighted by atomic mass is 10.1. The van der Waals surface area contributed by atoms with Gasteiger partial charge in [-0.15, -0.1) is 0 Å². The molecule has 0 N–H and O–H groups in total. The van der Waals surface area contributed by atoms with E-state index < -0.39 is 0 Å². The Morgan fingerprint density at radius 3 is 2.43 bits per heavy atom. The Morgan fingerprint density at radius 1 is 1.00 bits per heavy atom. The van der Waals surface area contributed by atoms with E-state index >= 15 is 0 Å². The second kappa shape index (κ2) is 7.82. The van der Waals surface area contributed by atoms with Crippen LogP contribution in [-0.2, 0) is 7.05 Å². The van der Waals surface area contributed by atoms with E-state index in [1.807, 2.05) is 48.3 Å². The third-order valence-corrected chi connectivity index (χ3v) is 4.93. The zero-order chi connectivity index (χ0) is 21.3. The highest BCUT2D eigenvalue weighted by molar-refractivity contribution is 5.93. The van der Waals surface area contributed by atoms with Crippen molar-refractivity contribution in [3.05, 3.63) is 65.5 Å². The molecule has 3 heterocycles. The number of fused-ring (bicyclic) bond motifs is 1. The molecule has 30 heavy (non-hydrogen) atoms. The number of pyridine rings is 2. The summed E-state index contributed by atoms with van der Waals surface area (Å²) in [5.41, 5.74) is 2.74. The molecule has 0 saturated heterocycles. The van der Waals surface area contributed by atoms with Crippen LogP contribution >= 0.6 is 0 Å². The van der Waals surface area contributed by atoms with E-state index in [0.717, 1.165) is 11.3 Å². The molecule has 0 atom stereocenters. The van der Waals surface area contributed by atoms with Crippen LogP contribution in [0, 0.1) is 0 Å². The summed E-state index contributed by atoms with van der Waals surface area (Å²) < 4.78 is 12.2. The van der Waals surface area contributed by atoms with Gasteiger partial charge in [0, 0.05) is 37.7 Å². The summed E-state index contributed by atoms with van der Waals surface area (Å²) in [5, 5.41) is 0.448. The molecule has 0 aliphatic heterocycles. The van der Waals surface area contributed by atoms with Gasteiger partial charge in [0.05, 0.1) is 31.8 Å². The van der Waals surface area contributed by atoms with Crippen LogP contribution in [0.1, 0.15) is 0 Å². The van der Waals surface area contributed by atoms with Crippen molar-refractivity contribution in [2.24, 2.45) is 7.05 Å². The minimum Gasteiger partial charge on any atom is -0.493 e. The highest BCUT2D eigenvalue weighted by atomic mass is 16.5. The molecule has 0 bridgehead atoms. The summed E-state index contributed by atoms with van der Waals surface area (Å²) in [7, 11) is 6.71. The Morgan fingerprint density at radius 2 is 1.73 bits per heavy atom. The van der Waals surface area contributed by atoms with Crippen molar-refractivity contribution in [2.45, 2.75) is 0 Å². The van der Waals surface area contributed by atoms with Gasteiger partial charge in [0.25, 0.3) is 5.56 Å². The predicted molar refractivity (Wildman–Crippen MR) is 116 cm³/mol. The lowest BCUT2D eigenvalue weighted by Gasteiger charge is -2.21. The molecule has 8 nitrogen and oxygen atoms in total. The van der Waals surface area contributed by atoms with Crippen LogP contribution in [0.3, 0.4) is 0 Å². The summed E-state index contributed by atoms with van der Waals surface area (Å²) in [5.74, 6) is 1.73. The summed E-state index contributed by atoms with van der Waals surface area (Å²) in [4.78, 5) is 28.2. The highest BCUT2D eigenvalue weighted by Gasteiger charge is 2.18. The van der Waals surface area contributed by atoms with Gasteiger partial charge in [-0.05, 0) is 36.4 Å². The van der Waals surface area contributed by atoms with Crippen LogP contribution < -0.4 is 19.9 Å².